The molecule has 2 fully saturated rings. The van der Waals surface area contributed by atoms with E-state index >= 15 is 0 Å². The van der Waals surface area contributed by atoms with Gasteiger partial charge in [0.2, 0.25) is 0 Å². The third-order valence-electron chi connectivity index (χ3n) is 13.5. The summed E-state index contributed by atoms with van der Waals surface area (Å²) in [5.74, 6) is 2.17. The van der Waals surface area contributed by atoms with Crippen LogP contribution in [-0.4, -0.2) is 11.2 Å². The zero-order valence-corrected chi connectivity index (χ0v) is 27.6. The van der Waals surface area contributed by atoms with Crippen molar-refractivity contribution in [2.24, 2.45) is 0 Å². The van der Waals surface area contributed by atoms with E-state index in [0.29, 0.717) is 0 Å². The maximum absolute atomic E-state index is 6.64. The Hall–Kier alpha value is -4.04. The second kappa shape index (κ2) is 8.85. The van der Waals surface area contributed by atoms with E-state index in [1.165, 1.54) is 104 Å². The molecule has 4 atom stereocenters. The van der Waals surface area contributed by atoms with E-state index < -0.39 is 0 Å². The lowest BCUT2D eigenvalue weighted by Crippen LogP contribution is -2.49. The lowest BCUT2D eigenvalue weighted by atomic mass is 9.63. The number of hydrogen-bond donors (Lipinski definition) is 0. The highest BCUT2D eigenvalue weighted by molar-refractivity contribution is 6.24. The lowest BCUT2D eigenvalue weighted by Gasteiger charge is -2.43. The van der Waals surface area contributed by atoms with Crippen LogP contribution in [0.1, 0.15) is 90.2 Å². The molecule has 6 aromatic carbocycles. The predicted molar refractivity (Wildman–Crippen MR) is 191 cm³/mol. The molecule has 4 aliphatic rings. The minimum atomic E-state index is -0.0967. The smallest absolute Gasteiger partial charge is 0.124 e. The molecule has 2 heterocycles. The number of ether oxygens (including phenoxy) is 2. The van der Waals surface area contributed by atoms with E-state index in [0.717, 1.165) is 24.3 Å². The fraction of sp³-hybridized carbons (Fsp3) is 0.364. The van der Waals surface area contributed by atoms with E-state index in [1.807, 2.05) is 0 Å². The van der Waals surface area contributed by atoms with Gasteiger partial charge in [0, 0.05) is 22.0 Å². The Morgan fingerprint density at radius 2 is 0.783 bits per heavy atom. The van der Waals surface area contributed by atoms with Gasteiger partial charge in [0.15, 0.2) is 0 Å². The van der Waals surface area contributed by atoms with Crippen LogP contribution in [0.25, 0.3) is 54.6 Å². The first-order chi connectivity index (χ1) is 22.2. The summed E-state index contributed by atoms with van der Waals surface area (Å²) in [5.41, 5.74) is 7.88. The molecule has 2 saturated carbocycles. The van der Waals surface area contributed by atoms with Gasteiger partial charge in [0.1, 0.15) is 22.7 Å². The second-order valence-corrected chi connectivity index (χ2v) is 15.9. The van der Waals surface area contributed by atoms with Crippen molar-refractivity contribution in [3.63, 3.8) is 0 Å². The molecule has 0 spiro atoms. The topological polar surface area (TPSA) is 18.5 Å². The van der Waals surface area contributed by atoms with Crippen molar-refractivity contribution in [3.05, 3.63) is 96.1 Å². The van der Waals surface area contributed by atoms with Gasteiger partial charge in [-0.15, -0.1) is 0 Å². The number of rotatable bonds is 2. The molecule has 0 N–H and O–H groups in total. The molecule has 2 aliphatic carbocycles. The normalized spacial score (nSPS) is 29.7. The van der Waals surface area contributed by atoms with Gasteiger partial charge in [0.05, 0.1) is 0 Å². The van der Waals surface area contributed by atoms with Gasteiger partial charge in [0.25, 0.3) is 0 Å². The number of hydrogen-bond acceptors (Lipinski definition) is 2. The van der Waals surface area contributed by atoms with E-state index in [-0.39, 0.29) is 22.0 Å². The van der Waals surface area contributed by atoms with E-state index in [2.05, 4.69) is 113 Å². The first kappa shape index (κ1) is 27.1. The molecule has 0 radical (unpaired) electrons. The maximum atomic E-state index is 6.64. The van der Waals surface area contributed by atoms with E-state index in [9.17, 15) is 0 Å². The minimum absolute atomic E-state index is 0.0735. The molecular weight excluding hydrogens is 560 g/mol. The third kappa shape index (κ3) is 3.38. The molecule has 2 heteroatoms. The Morgan fingerprint density at radius 1 is 0.413 bits per heavy atom. The fourth-order valence-corrected chi connectivity index (χ4v) is 10.2. The van der Waals surface area contributed by atoms with E-state index in [4.69, 9.17) is 9.47 Å². The maximum Gasteiger partial charge on any atom is 0.124 e. The molecule has 0 aromatic heterocycles. The molecule has 2 nitrogen and oxygen atoms in total. The molecule has 6 aromatic rings. The highest BCUT2D eigenvalue weighted by Gasteiger charge is 2.56. The number of benzene rings is 6. The van der Waals surface area contributed by atoms with Gasteiger partial charge in [-0.3, -0.25) is 0 Å². The zero-order chi connectivity index (χ0) is 31.1. The quantitative estimate of drug-likeness (QED) is 0.184. The Balaban J connectivity index is 1.07. The van der Waals surface area contributed by atoms with Crippen molar-refractivity contribution in [3.8, 4) is 33.8 Å². The first-order valence-corrected chi connectivity index (χ1v) is 17.6. The Kier molecular flexibility index (Phi) is 5.22. The van der Waals surface area contributed by atoms with Crippen molar-refractivity contribution in [1.29, 1.82) is 0 Å². The van der Waals surface area contributed by atoms with Crippen molar-refractivity contribution in [1.82, 2.24) is 0 Å². The Labute approximate surface area is 272 Å². The van der Waals surface area contributed by atoms with Crippen molar-refractivity contribution in [2.45, 2.75) is 101 Å². The van der Waals surface area contributed by atoms with Gasteiger partial charge < -0.3 is 9.47 Å². The van der Waals surface area contributed by atoms with Gasteiger partial charge in [-0.1, -0.05) is 63.1 Å². The summed E-state index contributed by atoms with van der Waals surface area (Å²) < 4.78 is 13.3. The Bertz CT molecular complexity index is 2020. The molecule has 0 amide bonds. The summed E-state index contributed by atoms with van der Waals surface area (Å²) in [6.07, 6.45) is 9.73. The van der Waals surface area contributed by atoms with Crippen LogP contribution < -0.4 is 9.47 Å². The van der Waals surface area contributed by atoms with Crippen molar-refractivity contribution < 1.29 is 9.47 Å². The summed E-state index contributed by atoms with van der Waals surface area (Å²) >= 11 is 0. The van der Waals surface area contributed by atoms with Gasteiger partial charge >= 0.3 is 0 Å². The SMILES string of the molecule is CC12CCCCC1(C)c1cc(-c3cc4ccc5cc(-c6ccc7c(c6)C6(C)CCCCC6(C)O7)cc6ccc(c3)c4c56)ccc1O2. The molecular formula is C44H42O2. The lowest BCUT2D eigenvalue weighted by molar-refractivity contribution is 0.00727. The van der Waals surface area contributed by atoms with Gasteiger partial charge in [-0.05, 0) is 155 Å². The predicted octanol–water partition coefficient (Wildman–Crippen LogP) is 11.9. The molecule has 230 valence electrons. The number of fused-ring (bicyclic) bond motifs is 6. The average molecular weight is 603 g/mol. The van der Waals surface area contributed by atoms with Crippen LogP contribution in [0.15, 0.2) is 84.9 Å². The minimum Gasteiger partial charge on any atom is -0.486 e. The molecule has 4 unspecified atom stereocenters. The van der Waals surface area contributed by atoms with Gasteiger partial charge in [-0.25, -0.2) is 0 Å². The molecule has 0 bridgehead atoms. The summed E-state index contributed by atoms with van der Waals surface area (Å²) in [6.45, 7) is 9.52. The summed E-state index contributed by atoms with van der Waals surface area (Å²) in [4.78, 5) is 0. The summed E-state index contributed by atoms with van der Waals surface area (Å²) in [6, 6.07) is 32.8. The standard InChI is InChI=1S/C44H42O2/c1-41-17-5-7-19-43(41,3)45-37-15-13-27(25-35(37)41)33-21-29-9-11-31-23-34(24-32-12-10-30(22-33)39(29)40(31)32)28-14-16-38-36(26-28)42(2)18-6-8-20-44(42,4)46-38/h9-16,21-26H,5-8,17-20H2,1-4H3. The third-order valence-corrected chi connectivity index (χ3v) is 13.5. The summed E-state index contributed by atoms with van der Waals surface area (Å²) in [5, 5.41) is 7.97. The molecule has 10 rings (SSSR count). The van der Waals surface area contributed by atoms with E-state index in [1.54, 1.807) is 0 Å². The van der Waals surface area contributed by atoms with Crippen molar-refractivity contribution in [2.75, 3.05) is 0 Å². The van der Waals surface area contributed by atoms with Crippen LogP contribution >= 0.6 is 0 Å². The van der Waals surface area contributed by atoms with Crippen LogP contribution in [0.3, 0.4) is 0 Å². The van der Waals surface area contributed by atoms with Crippen molar-refractivity contribution >= 4 is 32.3 Å². The zero-order valence-electron chi connectivity index (χ0n) is 27.6. The molecule has 0 saturated heterocycles. The molecule has 2 aliphatic heterocycles. The average Bonchev–Trinajstić information content (AvgIpc) is 3.45. The van der Waals surface area contributed by atoms with Crippen LogP contribution in [0.2, 0.25) is 0 Å². The highest BCUT2D eigenvalue weighted by Crippen LogP contribution is 2.58. The summed E-state index contributed by atoms with van der Waals surface area (Å²) in [7, 11) is 0. The van der Waals surface area contributed by atoms with Gasteiger partial charge in [-0.2, -0.15) is 0 Å². The molecule has 46 heavy (non-hydrogen) atoms. The second-order valence-electron chi connectivity index (χ2n) is 15.9. The largest absolute Gasteiger partial charge is 0.486 e. The fourth-order valence-electron chi connectivity index (χ4n) is 10.2. The van der Waals surface area contributed by atoms with Crippen LogP contribution in [0.5, 0.6) is 11.5 Å². The van der Waals surface area contributed by atoms with Crippen LogP contribution in [0, 0.1) is 0 Å². The van der Waals surface area contributed by atoms with Crippen LogP contribution in [-0.2, 0) is 10.8 Å². The Morgan fingerprint density at radius 3 is 1.17 bits per heavy atom. The first-order valence-electron chi connectivity index (χ1n) is 17.6. The highest BCUT2D eigenvalue weighted by atomic mass is 16.5. The van der Waals surface area contributed by atoms with Crippen LogP contribution in [0.4, 0.5) is 0 Å². The monoisotopic (exact) mass is 602 g/mol.